The van der Waals surface area contributed by atoms with E-state index in [1.807, 2.05) is 19.9 Å². The molecule has 2 N–H and O–H groups in total. The van der Waals surface area contributed by atoms with Crippen LogP contribution < -0.4 is 5.32 Å². The molecule has 1 amide bonds. The van der Waals surface area contributed by atoms with Crippen LogP contribution in [0.15, 0.2) is 24.3 Å². The lowest BCUT2D eigenvalue weighted by atomic mass is 10.1. The van der Waals surface area contributed by atoms with Crippen LogP contribution in [0, 0.1) is 6.92 Å². The van der Waals surface area contributed by atoms with Crippen LogP contribution in [0.4, 0.5) is 5.69 Å². The zero-order chi connectivity index (χ0) is 15.0. The quantitative estimate of drug-likeness (QED) is 0.593. The van der Waals surface area contributed by atoms with E-state index in [-0.39, 0.29) is 12.5 Å². The summed E-state index contributed by atoms with van der Waals surface area (Å²) in [5.74, 6) is -1.23. The van der Waals surface area contributed by atoms with Crippen LogP contribution in [0.5, 0.6) is 0 Å². The Labute approximate surface area is 118 Å². The van der Waals surface area contributed by atoms with Gasteiger partial charge in [-0.15, -0.1) is 0 Å². The molecule has 5 nitrogen and oxygen atoms in total. The molecule has 0 atom stereocenters. The van der Waals surface area contributed by atoms with Gasteiger partial charge in [-0.3, -0.25) is 4.79 Å². The van der Waals surface area contributed by atoms with Gasteiger partial charge in [0.1, 0.15) is 6.61 Å². The van der Waals surface area contributed by atoms with Crippen LogP contribution in [0.3, 0.4) is 0 Å². The third kappa shape index (κ3) is 5.67. The van der Waals surface area contributed by atoms with Gasteiger partial charge in [0.2, 0.25) is 5.91 Å². The van der Waals surface area contributed by atoms with Crippen molar-refractivity contribution in [3.05, 3.63) is 35.4 Å². The van der Waals surface area contributed by atoms with Gasteiger partial charge in [0.05, 0.1) is 0 Å². The average Bonchev–Trinajstić information content (AvgIpc) is 2.40. The molecule has 108 valence electrons. The Morgan fingerprint density at radius 1 is 1.40 bits per heavy atom. The summed E-state index contributed by atoms with van der Waals surface area (Å²) in [6.45, 7) is 4.41. The summed E-state index contributed by atoms with van der Waals surface area (Å²) in [7, 11) is 0. The molecule has 0 saturated carbocycles. The summed E-state index contributed by atoms with van der Waals surface area (Å²) < 4.78 is 5.16. The van der Waals surface area contributed by atoms with Gasteiger partial charge in [0, 0.05) is 18.4 Å². The van der Waals surface area contributed by atoms with E-state index >= 15 is 0 Å². The summed E-state index contributed by atoms with van der Waals surface area (Å²) in [6, 6.07) is 5.34. The molecule has 0 radical (unpaired) electrons. The number of amides is 1. The molecule has 0 bridgehead atoms. The van der Waals surface area contributed by atoms with E-state index in [0.717, 1.165) is 18.1 Å². The van der Waals surface area contributed by atoms with Crippen LogP contribution in [-0.2, 0) is 14.3 Å². The molecule has 0 fully saturated rings. The van der Waals surface area contributed by atoms with Crippen molar-refractivity contribution in [2.24, 2.45) is 0 Å². The highest BCUT2D eigenvalue weighted by Gasteiger charge is 2.05. The molecule has 0 spiro atoms. The third-order valence-electron chi connectivity index (χ3n) is 2.54. The standard InChI is InChI=1S/C15H19NO4/c1-3-8-20-10-14(17)16-13-9-12(5-4-11(13)2)6-7-15(18)19/h4-7,9H,3,8,10H2,1-2H3,(H,16,17)(H,18,19)/b7-6+. The summed E-state index contributed by atoms with van der Waals surface area (Å²) in [6.07, 6.45) is 3.40. The Kier molecular flexibility index (Phi) is 6.46. The smallest absolute Gasteiger partial charge is 0.328 e. The van der Waals surface area contributed by atoms with Crippen LogP contribution in [-0.4, -0.2) is 30.2 Å². The lowest BCUT2D eigenvalue weighted by Crippen LogP contribution is -2.19. The lowest BCUT2D eigenvalue weighted by molar-refractivity contribution is -0.131. The molecule has 0 heterocycles. The van der Waals surface area contributed by atoms with Gasteiger partial charge in [-0.2, -0.15) is 0 Å². The van der Waals surface area contributed by atoms with Gasteiger partial charge < -0.3 is 15.2 Å². The molecule has 20 heavy (non-hydrogen) atoms. The van der Waals surface area contributed by atoms with Crippen molar-refractivity contribution in [3.8, 4) is 0 Å². The molecule has 5 heteroatoms. The molecule has 1 aromatic rings. The van der Waals surface area contributed by atoms with Crippen molar-refractivity contribution in [1.82, 2.24) is 0 Å². The maximum Gasteiger partial charge on any atom is 0.328 e. The van der Waals surface area contributed by atoms with Gasteiger partial charge in [-0.25, -0.2) is 4.79 Å². The normalized spacial score (nSPS) is 10.7. The molecule has 0 unspecified atom stereocenters. The van der Waals surface area contributed by atoms with E-state index in [0.29, 0.717) is 17.9 Å². The second-order valence-corrected chi connectivity index (χ2v) is 4.35. The van der Waals surface area contributed by atoms with E-state index in [1.54, 1.807) is 12.1 Å². The van der Waals surface area contributed by atoms with Gasteiger partial charge in [-0.05, 0) is 36.6 Å². The van der Waals surface area contributed by atoms with Crippen LogP contribution in [0.2, 0.25) is 0 Å². The predicted molar refractivity (Wildman–Crippen MR) is 77.6 cm³/mol. The number of benzene rings is 1. The van der Waals surface area contributed by atoms with Gasteiger partial charge in [0.15, 0.2) is 0 Å². The number of carboxylic acids is 1. The Morgan fingerprint density at radius 2 is 2.15 bits per heavy atom. The molecule has 1 aromatic carbocycles. The monoisotopic (exact) mass is 277 g/mol. The van der Waals surface area contributed by atoms with E-state index in [1.165, 1.54) is 6.08 Å². The largest absolute Gasteiger partial charge is 0.478 e. The number of carbonyl (C=O) groups excluding carboxylic acids is 1. The minimum absolute atomic E-state index is 0.0163. The van der Waals surface area contributed by atoms with E-state index < -0.39 is 5.97 Å². The number of aryl methyl sites for hydroxylation is 1. The highest BCUT2D eigenvalue weighted by molar-refractivity contribution is 5.93. The number of ether oxygens (including phenoxy) is 1. The zero-order valence-electron chi connectivity index (χ0n) is 11.7. The Bertz CT molecular complexity index is 509. The second-order valence-electron chi connectivity index (χ2n) is 4.35. The molecule has 0 aliphatic carbocycles. The van der Waals surface area contributed by atoms with E-state index in [9.17, 15) is 9.59 Å². The molecule has 0 saturated heterocycles. The van der Waals surface area contributed by atoms with Crippen LogP contribution in [0.1, 0.15) is 24.5 Å². The number of nitrogens with one attached hydrogen (secondary N) is 1. The second kappa shape index (κ2) is 8.12. The first kappa shape index (κ1) is 15.9. The molecule has 0 aliphatic rings. The van der Waals surface area contributed by atoms with Crippen molar-refractivity contribution in [3.63, 3.8) is 0 Å². The summed E-state index contributed by atoms with van der Waals surface area (Å²) >= 11 is 0. The first-order valence-electron chi connectivity index (χ1n) is 6.42. The number of carboxylic acid groups (broad SMARTS) is 1. The first-order valence-corrected chi connectivity index (χ1v) is 6.42. The fourth-order valence-corrected chi connectivity index (χ4v) is 1.54. The fraction of sp³-hybridized carbons (Fsp3) is 0.333. The number of carbonyl (C=O) groups is 2. The van der Waals surface area contributed by atoms with Crippen molar-refractivity contribution in [1.29, 1.82) is 0 Å². The van der Waals surface area contributed by atoms with Crippen LogP contribution >= 0.6 is 0 Å². The predicted octanol–water partition coefficient (Wildman–Crippen LogP) is 2.46. The zero-order valence-corrected chi connectivity index (χ0v) is 11.7. The van der Waals surface area contributed by atoms with E-state index in [4.69, 9.17) is 9.84 Å². The summed E-state index contributed by atoms with van der Waals surface area (Å²) in [5, 5.41) is 11.3. The molecule has 0 aromatic heterocycles. The lowest BCUT2D eigenvalue weighted by Gasteiger charge is -2.09. The Morgan fingerprint density at radius 3 is 2.80 bits per heavy atom. The number of aliphatic carboxylic acids is 1. The number of rotatable bonds is 7. The fourth-order valence-electron chi connectivity index (χ4n) is 1.54. The highest BCUT2D eigenvalue weighted by atomic mass is 16.5. The Hall–Kier alpha value is -2.14. The number of hydrogen-bond acceptors (Lipinski definition) is 3. The van der Waals surface area contributed by atoms with E-state index in [2.05, 4.69) is 5.32 Å². The molecule has 1 rings (SSSR count). The summed E-state index contributed by atoms with van der Waals surface area (Å²) in [4.78, 5) is 22.1. The van der Waals surface area contributed by atoms with Crippen molar-refractivity contribution >= 4 is 23.6 Å². The minimum Gasteiger partial charge on any atom is -0.478 e. The van der Waals surface area contributed by atoms with Gasteiger partial charge in [-0.1, -0.05) is 19.1 Å². The first-order chi connectivity index (χ1) is 9.52. The average molecular weight is 277 g/mol. The third-order valence-corrected chi connectivity index (χ3v) is 2.54. The van der Waals surface area contributed by atoms with Gasteiger partial charge >= 0.3 is 5.97 Å². The number of anilines is 1. The van der Waals surface area contributed by atoms with Crippen LogP contribution in [0.25, 0.3) is 6.08 Å². The van der Waals surface area contributed by atoms with Crippen molar-refractivity contribution < 1.29 is 19.4 Å². The topological polar surface area (TPSA) is 75.6 Å². The molecular formula is C15H19NO4. The highest BCUT2D eigenvalue weighted by Crippen LogP contribution is 2.17. The minimum atomic E-state index is -1.01. The van der Waals surface area contributed by atoms with Crippen molar-refractivity contribution in [2.75, 3.05) is 18.5 Å². The molecule has 0 aliphatic heterocycles. The Balaban J connectivity index is 2.71. The number of hydrogen-bond donors (Lipinski definition) is 2. The van der Waals surface area contributed by atoms with Crippen molar-refractivity contribution in [2.45, 2.75) is 20.3 Å². The van der Waals surface area contributed by atoms with Gasteiger partial charge in [0.25, 0.3) is 0 Å². The molecular weight excluding hydrogens is 258 g/mol. The maximum atomic E-state index is 11.7. The summed E-state index contributed by atoms with van der Waals surface area (Å²) in [5.41, 5.74) is 2.27. The SMILES string of the molecule is CCCOCC(=O)Nc1cc(/C=C/C(=O)O)ccc1C. The maximum absolute atomic E-state index is 11.7.